The molecule has 0 aliphatic heterocycles. The Morgan fingerprint density at radius 2 is 1.56 bits per heavy atom. The van der Waals surface area contributed by atoms with Crippen molar-refractivity contribution in [1.29, 1.82) is 0 Å². The second-order valence-corrected chi connectivity index (χ2v) is 10.7. The summed E-state index contributed by atoms with van der Waals surface area (Å²) in [5.41, 5.74) is 4.41. The van der Waals surface area contributed by atoms with Crippen molar-refractivity contribution >= 4 is 29.7 Å². The standard InChI is InChI=1S/C28H36N2O5S/c1-18(2)9-8-10-19(3)29-26(31)17-36-16-25(27(32)33)30-28(34)35-15-24-22-13-6-4-11-20(22)21-12-5-7-14-23(21)24/h4-7,11-14,18-19,24-25H,8-10,15-17H2,1-3H3,(H,29,31)(H,30,34)(H,32,33). The molecule has 2 aromatic carbocycles. The highest BCUT2D eigenvalue weighted by Gasteiger charge is 2.29. The number of hydrogen-bond acceptors (Lipinski definition) is 5. The second kappa shape index (κ2) is 13.3. The molecule has 1 aliphatic rings. The summed E-state index contributed by atoms with van der Waals surface area (Å²) in [5, 5.41) is 14.9. The van der Waals surface area contributed by atoms with Crippen LogP contribution in [-0.4, -0.2) is 53.3 Å². The quantitative estimate of drug-likeness (QED) is 0.347. The Balaban J connectivity index is 1.44. The van der Waals surface area contributed by atoms with Gasteiger partial charge in [-0.3, -0.25) is 4.79 Å². The van der Waals surface area contributed by atoms with Crippen molar-refractivity contribution < 1.29 is 24.2 Å². The molecule has 0 radical (unpaired) electrons. The van der Waals surface area contributed by atoms with Crippen molar-refractivity contribution in [1.82, 2.24) is 10.6 Å². The van der Waals surface area contributed by atoms with Crippen LogP contribution in [0.15, 0.2) is 48.5 Å². The lowest BCUT2D eigenvalue weighted by molar-refractivity contribution is -0.138. The minimum atomic E-state index is -1.17. The number of aliphatic carboxylic acids is 1. The van der Waals surface area contributed by atoms with Crippen LogP contribution in [0.1, 0.15) is 57.1 Å². The summed E-state index contributed by atoms with van der Waals surface area (Å²) >= 11 is 1.17. The highest BCUT2D eigenvalue weighted by molar-refractivity contribution is 8.00. The molecule has 0 fully saturated rings. The average Bonchev–Trinajstić information content (AvgIpc) is 3.15. The summed E-state index contributed by atoms with van der Waals surface area (Å²) in [6.07, 6.45) is 2.30. The van der Waals surface area contributed by atoms with Crippen LogP contribution in [0.2, 0.25) is 0 Å². The van der Waals surface area contributed by atoms with Gasteiger partial charge in [-0.2, -0.15) is 0 Å². The highest BCUT2D eigenvalue weighted by Crippen LogP contribution is 2.44. The first-order valence-electron chi connectivity index (χ1n) is 12.5. The van der Waals surface area contributed by atoms with Crippen molar-refractivity contribution in [3.63, 3.8) is 0 Å². The summed E-state index contributed by atoms with van der Waals surface area (Å²) < 4.78 is 5.45. The fourth-order valence-corrected chi connectivity index (χ4v) is 5.30. The van der Waals surface area contributed by atoms with Crippen LogP contribution in [0, 0.1) is 5.92 Å². The molecule has 3 N–H and O–H groups in total. The lowest BCUT2D eigenvalue weighted by Crippen LogP contribution is -2.43. The number of carboxylic acids is 1. The third-order valence-electron chi connectivity index (χ3n) is 6.28. The van der Waals surface area contributed by atoms with E-state index in [0.717, 1.165) is 41.5 Å². The van der Waals surface area contributed by atoms with Gasteiger partial charge in [0, 0.05) is 17.7 Å². The van der Waals surface area contributed by atoms with Gasteiger partial charge < -0.3 is 20.5 Å². The number of thioether (sulfide) groups is 1. The maximum Gasteiger partial charge on any atom is 0.407 e. The van der Waals surface area contributed by atoms with Gasteiger partial charge in [0.15, 0.2) is 0 Å². The summed E-state index contributed by atoms with van der Waals surface area (Å²) in [6.45, 7) is 6.43. The van der Waals surface area contributed by atoms with Gasteiger partial charge >= 0.3 is 12.1 Å². The number of carbonyl (C=O) groups excluding carboxylic acids is 2. The number of nitrogens with one attached hydrogen (secondary N) is 2. The largest absolute Gasteiger partial charge is 0.480 e. The number of benzene rings is 2. The van der Waals surface area contributed by atoms with Crippen LogP contribution < -0.4 is 10.6 Å². The van der Waals surface area contributed by atoms with Crippen molar-refractivity contribution in [2.75, 3.05) is 18.1 Å². The number of amides is 2. The van der Waals surface area contributed by atoms with Crippen LogP contribution in [0.5, 0.6) is 0 Å². The van der Waals surface area contributed by atoms with Crippen LogP contribution in [0.25, 0.3) is 11.1 Å². The molecule has 0 spiro atoms. The van der Waals surface area contributed by atoms with E-state index < -0.39 is 18.1 Å². The molecule has 7 nitrogen and oxygen atoms in total. The van der Waals surface area contributed by atoms with E-state index >= 15 is 0 Å². The number of ether oxygens (including phenoxy) is 1. The molecule has 1 aliphatic carbocycles. The Morgan fingerprint density at radius 1 is 0.944 bits per heavy atom. The number of fused-ring (bicyclic) bond motifs is 3. The zero-order valence-electron chi connectivity index (χ0n) is 21.2. The van der Waals surface area contributed by atoms with Crippen molar-refractivity contribution in [2.45, 2.75) is 58.0 Å². The molecule has 36 heavy (non-hydrogen) atoms. The van der Waals surface area contributed by atoms with Gasteiger partial charge in [-0.1, -0.05) is 75.2 Å². The minimum absolute atomic E-state index is 0.0642. The lowest BCUT2D eigenvalue weighted by atomic mass is 9.98. The van der Waals surface area contributed by atoms with Crippen molar-refractivity contribution in [3.8, 4) is 11.1 Å². The third kappa shape index (κ3) is 7.75. The predicted molar refractivity (Wildman–Crippen MR) is 143 cm³/mol. The SMILES string of the molecule is CC(C)CCCC(C)NC(=O)CSCC(NC(=O)OCC1c2ccccc2-c2ccccc21)C(=O)O. The first kappa shape index (κ1) is 27.6. The van der Waals surface area contributed by atoms with Gasteiger partial charge in [-0.25, -0.2) is 9.59 Å². The lowest BCUT2D eigenvalue weighted by Gasteiger charge is -2.18. The monoisotopic (exact) mass is 512 g/mol. The van der Waals surface area contributed by atoms with Crippen LogP contribution >= 0.6 is 11.8 Å². The zero-order valence-corrected chi connectivity index (χ0v) is 22.0. The van der Waals surface area contributed by atoms with E-state index in [2.05, 4.69) is 36.6 Å². The Kier molecular flexibility index (Phi) is 10.2. The maximum atomic E-state index is 12.4. The zero-order chi connectivity index (χ0) is 26.1. The number of carboxylic acid groups (broad SMARTS) is 1. The van der Waals surface area contributed by atoms with E-state index in [1.54, 1.807) is 0 Å². The second-order valence-electron chi connectivity index (χ2n) is 9.67. The average molecular weight is 513 g/mol. The van der Waals surface area contributed by atoms with Gasteiger partial charge in [-0.05, 0) is 41.5 Å². The predicted octanol–water partition coefficient (Wildman–Crippen LogP) is 5.04. The molecule has 0 saturated heterocycles. The van der Waals surface area contributed by atoms with Gasteiger partial charge in [0.1, 0.15) is 12.6 Å². The first-order chi connectivity index (χ1) is 17.3. The van der Waals surface area contributed by atoms with E-state index in [1.165, 1.54) is 11.8 Å². The molecule has 194 valence electrons. The number of rotatable bonds is 13. The van der Waals surface area contributed by atoms with E-state index in [-0.39, 0.29) is 36.0 Å². The summed E-state index contributed by atoms with van der Waals surface area (Å²) in [6, 6.07) is 14.9. The van der Waals surface area contributed by atoms with Crippen LogP contribution in [0.4, 0.5) is 4.79 Å². The molecule has 0 aromatic heterocycles. The van der Waals surface area contributed by atoms with E-state index in [0.29, 0.717) is 5.92 Å². The Hall–Kier alpha value is -3.00. The van der Waals surface area contributed by atoms with Crippen molar-refractivity contribution in [3.05, 3.63) is 59.7 Å². The highest BCUT2D eigenvalue weighted by atomic mass is 32.2. The number of carbonyl (C=O) groups is 3. The molecule has 0 saturated carbocycles. The van der Waals surface area contributed by atoms with Gasteiger partial charge in [0.05, 0.1) is 5.75 Å². The molecule has 8 heteroatoms. The Bertz CT molecular complexity index is 1010. The Morgan fingerprint density at radius 3 is 2.14 bits per heavy atom. The number of alkyl carbamates (subject to hydrolysis) is 1. The van der Waals surface area contributed by atoms with E-state index in [4.69, 9.17) is 4.74 Å². The summed E-state index contributed by atoms with van der Waals surface area (Å²) in [7, 11) is 0. The van der Waals surface area contributed by atoms with Crippen LogP contribution in [-0.2, 0) is 14.3 Å². The first-order valence-corrected chi connectivity index (χ1v) is 13.6. The number of hydrogen-bond donors (Lipinski definition) is 3. The molecule has 0 heterocycles. The molecule has 2 aromatic rings. The van der Waals surface area contributed by atoms with Crippen molar-refractivity contribution in [2.24, 2.45) is 5.92 Å². The third-order valence-corrected chi connectivity index (χ3v) is 7.31. The molecular formula is C28H36N2O5S. The summed E-state index contributed by atoms with van der Waals surface area (Å²) in [4.78, 5) is 36.3. The smallest absolute Gasteiger partial charge is 0.407 e. The summed E-state index contributed by atoms with van der Waals surface area (Å²) in [5.74, 6) is -0.576. The fourth-order valence-electron chi connectivity index (χ4n) is 4.45. The normalized spacial score (nSPS) is 14.0. The van der Waals surface area contributed by atoms with Crippen LogP contribution in [0.3, 0.4) is 0 Å². The van der Waals surface area contributed by atoms with Gasteiger partial charge in [-0.15, -0.1) is 11.8 Å². The Labute approximate surface area is 217 Å². The fraction of sp³-hybridized carbons (Fsp3) is 0.464. The van der Waals surface area contributed by atoms with Gasteiger partial charge in [0.2, 0.25) is 5.91 Å². The molecule has 3 rings (SSSR count). The maximum absolute atomic E-state index is 12.4. The van der Waals surface area contributed by atoms with E-state index in [9.17, 15) is 19.5 Å². The van der Waals surface area contributed by atoms with E-state index in [1.807, 2.05) is 43.3 Å². The molecule has 2 amide bonds. The van der Waals surface area contributed by atoms with Gasteiger partial charge in [0.25, 0.3) is 0 Å². The molecular weight excluding hydrogens is 476 g/mol. The minimum Gasteiger partial charge on any atom is -0.480 e. The molecule has 2 atom stereocenters. The topological polar surface area (TPSA) is 105 Å². The molecule has 2 unspecified atom stereocenters. The molecule has 0 bridgehead atoms.